The molecule has 2 amide bonds. The number of fused-ring (bicyclic) bond motifs is 3. The van der Waals surface area contributed by atoms with Crippen LogP contribution in [0.3, 0.4) is 0 Å². The molecule has 7 nitrogen and oxygen atoms in total. The third-order valence-electron chi connectivity index (χ3n) is 4.38. The Morgan fingerprint density at radius 1 is 1.36 bits per heavy atom. The Kier molecular flexibility index (Phi) is 4.60. The molecule has 7 heteroatoms. The maximum Gasteiger partial charge on any atom is 0.410 e. The number of carbonyl (C=O) groups excluding carboxylic acids is 2. The molecule has 2 aliphatic rings. The zero-order chi connectivity index (χ0) is 18.2. The van der Waals surface area contributed by atoms with Gasteiger partial charge < -0.3 is 25.0 Å². The van der Waals surface area contributed by atoms with Gasteiger partial charge in [0, 0.05) is 26.1 Å². The van der Waals surface area contributed by atoms with Gasteiger partial charge in [0.15, 0.2) is 0 Å². The molecule has 3 rings (SSSR count). The van der Waals surface area contributed by atoms with E-state index >= 15 is 0 Å². The fraction of sp³-hybridized carbons (Fsp3) is 0.556. The summed E-state index contributed by atoms with van der Waals surface area (Å²) in [5.74, 6) is -0.0727. The Morgan fingerprint density at radius 3 is 2.80 bits per heavy atom. The lowest BCUT2D eigenvalue weighted by atomic mass is 10.1. The highest BCUT2D eigenvalue weighted by Gasteiger charge is 2.36. The first kappa shape index (κ1) is 17.5. The van der Waals surface area contributed by atoms with Gasteiger partial charge >= 0.3 is 6.09 Å². The van der Waals surface area contributed by atoms with Crippen molar-refractivity contribution in [2.45, 2.75) is 45.4 Å². The highest BCUT2D eigenvalue weighted by molar-refractivity contribution is 5.97. The van der Waals surface area contributed by atoms with Gasteiger partial charge in [-0.2, -0.15) is 0 Å². The molecule has 1 unspecified atom stereocenters. The standard InChI is InChI=1S/C18H25N3O4/c1-18(2,3)25-17(24)20-6-7-21-13(10-20)9-16(23)19-14-5-4-12(11-22)8-15(14)21/h4-5,8,13,22H,6-7,9-11H2,1-3H3,(H,19,23). The number of rotatable bonds is 1. The van der Waals surface area contributed by atoms with Gasteiger partial charge in [0.2, 0.25) is 5.91 Å². The molecule has 1 saturated heterocycles. The maximum atomic E-state index is 12.4. The average Bonchev–Trinajstić information content (AvgIpc) is 2.67. The molecule has 0 bridgehead atoms. The molecule has 1 aromatic rings. The molecular formula is C18H25N3O4. The van der Waals surface area contributed by atoms with E-state index in [2.05, 4.69) is 10.2 Å². The largest absolute Gasteiger partial charge is 0.444 e. The van der Waals surface area contributed by atoms with Gasteiger partial charge in [0.1, 0.15) is 5.60 Å². The van der Waals surface area contributed by atoms with Crippen molar-refractivity contribution < 1.29 is 19.4 Å². The summed E-state index contributed by atoms with van der Waals surface area (Å²) in [6.07, 6.45) is -0.0382. The third-order valence-corrected chi connectivity index (χ3v) is 4.38. The molecule has 2 N–H and O–H groups in total. The van der Waals surface area contributed by atoms with Crippen molar-refractivity contribution in [3.05, 3.63) is 23.8 Å². The molecule has 1 atom stereocenters. The minimum atomic E-state index is -0.544. The summed E-state index contributed by atoms with van der Waals surface area (Å²) in [6, 6.07) is 5.41. The first-order valence-electron chi connectivity index (χ1n) is 8.55. The number of hydrogen-bond acceptors (Lipinski definition) is 5. The fourth-order valence-electron chi connectivity index (χ4n) is 3.27. The normalized spacial score (nSPS) is 20.3. The first-order valence-corrected chi connectivity index (χ1v) is 8.55. The number of aliphatic hydroxyl groups is 1. The quantitative estimate of drug-likeness (QED) is 0.811. The topological polar surface area (TPSA) is 82.1 Å². The molecular weight excluding hydrogens is 322 g/mol. The lowest BCUT2D eigenvalue weighted by Gasteiger charge is -2.42. The Balaban J connectivity index is 1.83. The summed E-state index contributed by atoms with van der Waals surface area (Å²) < 4.78 is 5.46. The SMILES string of the molecule is CC(C)(C)OC(=O)N1CCN2c3cc(CO)ccc3NC(=O)CC2C1. The Labute approximate surface area is 147 Å². The number of hydrogen-bond donors (Lipinski definition) is 2. The Hall–Kier alpha value is -2.28. The highest BCUT2D eigenvalue weighted by Crippen LogP contribution is 2.34. The molecule has 0 radical (unpaired) electrons. The summed E-state index contributed by atoms with van der Waals surface area (Å²) in [6.45, 7) is 7.05. The molecule has 0 aromatic heterocycles. The molecule has 25 heavy (non-hydrogen) atoms. The van der Waals surface area contributed by atoms with E-state index in [0.29, 0.717) is 26.1 Å². The predicted molar refractivity (Wildman–Crippen MR) is 94.6 cm³/mol. The van der Waals surface area contributed by atoms with Gasteiger partial charge in [-0.25, -0.2) is 4.79 Å². The summed E-state index contributed by atoms with van der Waals surface area (Å²) in [7, 11) is 0. The monoisotopic (exact) mass is 347 g/mol. The Bertz CT molecular complexity index is 683. The Morgan fingerprint density at radius 2 is 2.12 bits per heavy atom. The number of aliphatic hydroxyl groups excluding tert-OH is 1. The summed E-state index contributed by atoms with van der Waals surface area (Å²) in [5, 5.41) is 12.3. The smallest absolute Gasteiger partial charge is 0.410 e. The van der Waals surface area contributed by atoms with Gasteiger partial charge in [-0.1, -0.05) is 6.07 Å². The van der Waals surface area contributed by atoms with Gasteiger partial charge in [-0.05, 0) is 38.5 Å². The van der Waals surface area contributed by atoms with E-state index in [9.17, 15) is 14.7 Å². The van der Waals surface area contributed by atoms with E-state index in [0.717, 1.165) is 16.9 Å². The second-order valence-corrected chi connectivity index (χ2v) is 7.54. The van der Waals surface area contributed by atoms with E-state index in [-0.39, 0.29) is 24.6 Å². The van der Waals surface area contributed by atoms with E-state index in [4.69, 9.17) is 4.74 Å². The molecule has 2 aliphatic heterocycles. The molecule has 136 valence electrons. The van der Waals surface area contributed by atoms with Gasteiger partial charge in [0.05, 0.1) is 24.0 Å². The zero-order valence-electron chi connectivity index (χ0n) is 14.9. The zero-order valence-corrected chi connectivity index (χ0v) is 14.9. The van der Waals surface area contributed by atoms with Crippen LogP contribution in [0, 0.1) is 0 Å². The van der Waals surface area contributed by atoms with Crippen LogP contribution in [0.5, 0.6) is 0 Å². The average molecular weight is 347 g/mol. The van der Waals surface area contributed by atoms with Gasteiger partial charge in [-0.3, -0.25) is 4.79 Å². The lowest BCUT2D eigenvalue weighted by Crippen LogP contribution is -2.55. The van der Waals surface area contributed by atoms with Crippen LogP contribution >= 0.6 is 0 Å². The molecule has 0 saturated carbocycles. The van der Waals surface area contributed by atoms with Crippen LogP contribution in [-0.2, 0) is 16.1 Å². The van der Waals surface area contributed by atoms with Crippen LogP contribution in [-0.4, -0.2) is 53.3 Å². The summed E-state index contributed by atoms with van der Waals surface area (Å²) in [4.78, 5) is 28.4. The second kappa shape index (κ2) is 6.55. The van der Waals surface area contributed by atoms with E-state index in [1.54, 1.807) is 11.0 Å². The third kappa shape index (κ3) is 3.87. The van der Waals surface area contributed by atoms with Crippen LogP contribution in [0.1, 0.15) is 32.8 Å². The van der Waals surface area contributed by atoms with Crippen molar-refractivity contribution in [1.29, 1.82) is 0 Å². The summed E-state index contributed by atoms with van der Waals surface area (Å²) >= 11 is 0. The molecule has 2 heterocycles. The van der Waals surface area contributed by atoms with Crippen molar-refractivity contribution in [3.63, 3.8) is 0 Å². The fourth-order valence-corrected chi connectivity index (χ4v) is 3.27. The van der Waals surface area contributed by atoms with Crippen molar-refractivity contribution in [2.75, 3.05) is 29.9 Å². The number of nitrogens with one attached hydrogen (secondary N) is 1. The van der Waals surface area contributed by atoms with Crippen LogP contribution in [0.15, 0.2) is 18.2 Å². The van der Waals surface area contributed by atoms with Crippen LogP contribution in [0.2, 0.25) is 0 Å². The number of carbonyl (C=O) groups is 2. The minimum absolute atomic E-state index is 0.0518. The van der Waals surface area contributed by atoms with E-state index < -0.39 is 5.60 Å². The highest BCUT2D eigenvalue weighted by atomic mass is 16.6. The van der Waals surface area contributed by atoms with Crippen LogP contribution in [0.4, 0.5) is 16.2 Å². The van der Waals surface area contributed by atoms with Crippen LogP contribution < -0.4 is 10.2 Å². The number of benzene rings is 1. The summed E-state index contributed by atoms with van der Waals surface area (Å²) in [5.41, 5.74) is 1.89. The second-order valence-electron chi connectivity index (χ2n) is 7.54. The lowest BCUT2D eigenvalue weighted by molar-refractivity contribution is -0.116. The first-order chi connectivity index (χ1) is 11.8. The van der Waals surface area contributed by atoms with E-state index in [1.807, 2.05) is 32.9 Å². The number of amides is 2. The van der Waals surface area contributed by atoms with Crippen molar-refractivity contribution in [1.82, 2.24) is 4.90 Å². The van der Waals surface area contributed by atoms with Crippen molar-refractivity contribution in [3.8, 4) is 0 Å². The molecule has 0 aliphatic carbocycles. The minimum Gasteiger partial charge on any atom is -0.444 e. The van der Waals surface area contributed by atoms with Crippen LogP contribution in [0.25, 0.3) is 0 Å². The van der Waals surface area contributed by atoms with Crippen molar-refractivity contribution >= 4 is 23.4 Å². The number of piperazine rings is 1. The predicted octanol–water partition coefficient (Wildman–Crippen LogP) is 1.95. The maximum absolute atomic E-state index is 12.4. The van der Waals surface area contributed by atoms with E-state index in [1.165, 1.54) is 0 Å². The molecule has 1 aromatic carbocycles. The number of ether oxygens (including phenoxy) is 1. The van der Waals surface area contributed by atoms with Gasteiger partial charge in [0.25, 0.3) is 0 Å². The molecule has 0 spiro atoms. The number of nitrogens with zero attached hydrogens (tertiary/aromatic N) is 2. The van der Waals surface area contributed by atoms with Gasteiger partial charge in [-0.15, -0.1) is 0 Å². The molecule has 1 fully saturated rings. The van der Waals surface area contributed by atoms with Crippen molar-refractivity contribution in [2.24, 2.45) is 0 Å². The number of anilines is 2.